The molecule has 0 amide bonds. The Kier molecular flexibility index (Phi) is 4.78. The van der Waals surface area contributed by atoms with Crippen LogP contribution in [-0.4, -0.2) is 41.9 Å². The lowest BCUT2D eigenvalue weighted by Gasteiger charge is -2.16. The second-order valence-electron chi connectivity index (χ2n) is 7.55. The predicted octanol–water partition coefficient (Wildman–Crippen LogP) is 2.92. The van der Waals surface area contributed by atoms with Gasteiger partial charge >= 0.3 is 0 Å². The van der Waals surface area contributed by atoms with E-state index in [-0.39, 0.29) is 29.0 Å². The van der Waals surface area contributed by atoms with E-state index in [9.17, 15) is 18.3 Å². The zero-order valence-electron chi connectivity index (χ0n) is 16.3. The first kappa shape index (κ1) is 19.4. The monoisotopic (exact) mass is 410 g/mol. The third-order valence-corrected chi connectivity index (χ3v) is 7.08. The lowest BCUT2D eigenvalue weighted by atomic mass is 10.1. The summed E-state index contributed by atoms with van der Waals surface area (Å²) in [6.07, 6.45) is 1.97. The van der Waals surface area contributed by atoms with Crippen LogP contribution in [0.1, 0.15) is 23.1 Å². The van der Waals surface area contributed by atoms with Crippen molar-refractivity contribution in [1.29, 1.82) is 0 Å². The number of nitrogens with zero attached hydrogens (tertiary/aromatic N) is 2. The van der Waals surface area contributed by atoms with E-state index in [1.807, 2.05) is 32.0 Å². The molecule has 1 aromatic heterocycles. The number of fused-ring (bicyclic) bond motifs is 1. The molecule has 2 heterocycles. The van der Waals surface area contributed by atoms with Gasteiger partial charge in [0.1, 0.15) is 0 Å². The van der Waals surface area contributed by atoms with Gasteiger partial charge in [0, 0.05) is 17.0 Å². The average Bonchev–Trinajstić information content (AvgIpc) is 3.03. The third kappa shape index (κ3) is 3.58. The van der Waals surface area contributed by atoms with E-state index in [0.29, 0.717) is 28.4 Å². The molecule has 0 bridgehead atoms. The van der Waals surface area contributed by atoms with Crippen molar-refractivity contribution in [3.05, 3.63) is 69.5 Å². The molecule has 4 rings (SSSR count). The van der Waals surface area contributed by atoms with E-state index in [1.165, 1.54) is 10.8 Å². The third-order valence-electron chi connectivity index (χ3n) is 5.33. The Hall–Kier alpha value is -2.93. The summed E-state index contributed by atoms with van der Waals surface area (Å²) >= 11 is 0. The van der Waals surface area contributed by atoms with Crippen molar-refractivity contribution in [3.63, 3.8) is 0 Å². The highest BCUT2D eigenvalue weighted by molar-refractivity contribution is 7.91. The normalized spacial score (nSPS) is 18.6. The Morgan fingerprint density at radius 2 is 1.86 bits per heavy atom. The lowest BCUT2D eigenvalue weighted by Crippen LogP contribution is -2.21. The minimum Gasteiger partial charge on any atom is -0.494 e. The molecule has 1 atom stereocenters. The van der Waals surface area contributed by atoms with Gasteiger partial charge < -0.3 is 5.11 Å². The van der Waals surface area contributed by atoms with Crippen molar-refractivity contribution >= 4 is 26.8 Å². The van der Waals surface area contributed by atoms with Crippen LogP contribution in [0.2, 0.25) is 0 Å². The molecule has 0 saturated carbocycles. The molecule has 150 valence electrons. The zero-order chi connectivity index (χ0) is 20.8. The Morgan fingerprint density at radius 3 is 2.55 bits per heavy atom. The molecular formula is C22H22N2O4S. The Balaban J connectivity index is 1.95. The van der Waals surface area contributed by atoms with Crippen LogP contribution in [-0.2, 0) is 9.84 Å². The molecule has 7 heteroatoms. The summed E-state index contributed by atoms with van der Waals surface area (Å²) in [5.41, 5.74) is 2.53. The topological polar surface area (TPSA) is 88.7 Å². The molecule has 1 aliphatic rings. The van der Waals surface area contributed by atoms with Gasteiger partial charge in [-0.05, 0) is 43.5 Å². The SMILES string of the molecule is Cc1ccc(C)c(-n2c(O)c(C=NC3CCS(=O)(=O)C3)c3ccccc3c2=O)c1. The van der Waals surface area contributed by atoms with E-state index < -0.39 is 9.84 Å². The second-order valence-corrected chi connectivity index (χ2v) is 9.78. The van der Waals surface area contributed by atoms with Gasteiger partial charge in [0.25, 0.3) is 5.56 Å². The Labute approximate surface area is 169 Å². The number of benzene rings is 2. The van der Waals surface area contributed by atoms with Gasteiger partial charge in [-0.1, -0.05) is 30.3 Å². The van der Waals surface area contributed by atoms with Crippen LogP contribution >= 0.6 is 0 Å². The minimum atomic E-state index is -3.05. The first-order chi connectivity index (χ1) is 13.8. The summed E-state index contributed by atoms with van der Waals surface area (Å²) in [4.78, 5) is 17.6. The minimum absolute atomic E-state index is 0.0127. The smallest absolute Gasteiger partial charge is 0.265 e. The van der Waals surface area contributed by atoms with Crippen LogP contribution in [0.3, 0.4) is 0 Å². The largest absolute Gasteiger partial charge is 0.494 e. The fourth-order valence-electron chi connectivity index (χ4n) is 3.75. The van der Waals surface area contributed by atoms with E-state index in [4.69, 9.17) is 0 Å². The van der Waals surface area contributed by atoms with Crippen LogP contribution < -0.4 is 5.56 Å². The zero-order valence-corrected chi connectivity index (χ0v) is 17.1. The highest BCUT2D eigenvalue weighted by atomic mass is 32.2. The molecule has 1 saturated heterocycles. The van der Waals surface area contributed by atoms with Gasteiger partial charge in [0.2, 0.25) is 5.88 Å². The van der Waals surface area contributed by atoms with Crippen LogP contribution in [0, 0.1) is 13.8 Å². The molecule has 2 aromatic carbocycles. The Bertz CT molecular complexity index is 1310. The molecule has 0 aliphatic carbocycles. The summed E-state index contributed by atoms with van der Waals surface area (Å²) in [6, 6.07) is 12.4. The van der Waals surface area contributed by atoms with Crippen molar-refractivity contribution in [2.24, 2.45) is 4.99 Å². The number of aryl methyl sites for hydroxylation is 2. The maximum Gasteiger partial charge on any atom is 0.265 e. The molecule has 1 aliphatic heterocycles. The fourth-order valence-corrected chi connectivity index (χ4v) is 5.38. The van der Waals surface area contributed by atoms with Gasteiger partial charge in [-0.15, -0.1) is 0 Å². The number of sulfone groups is 1. The van der Waals surface area contributed by atoms with E-state index in [0.717, 1.165) is 11.1 Å². The Morgan fingerprint density at radius 1 is 1.14 bits per heavy atom. The van der Waals surface area contributed by atoms with Crippen LogP contribution in [0.4, 0.5) is 0 Å². The van der Waals surface area contributed by atoms with Gasteiger partial charge in [-0.25, -0.2) is 13.0 Å². The molecular weight excluding hydrogens is 388 g/mol. The number of hydrogen-bond acceptors (Lipinski definition) is 5. The standard InChI is InChI=1S/C22H22N2O4S/c1-14-7-8-15(2)20(11-14)24-21(25)18-6-4-3-5-17(18)19(22(24)26)12-23-16-9-10-29(27,28)13-16/h3-8,11-12,16,26H,9-10,13H2,1-2H3. The first-order valence-corrected chi connectivity index (χ1v) is 11.3. The number of aromatic nitrogens is 1. The number of pyridine rings is 1. The van der Waals surface area contributed by atoms with Crippen LogP contribution in [0.5, 0.6) is 5.88 Å². The molecule has 1 N–H and O–H groups in total. The summed E-state index contributed by atoms with van der Waals surface area (Å²) in [7, 11) is -3.05. The summed E-state index contributed by atoms with van der Waals surface area (Å²) < 4.78 is 24.7. The van der Waals surface area contributed by atoms with E-state index >= 15 is 0 Å². The van der Waals surface area contributed by atoms with Crippen molar-refractivity contribution in [1.82, 2.24) is 4.57 Å². The highest BCUT2D eigenvalue weighted by Crippen LogP contribution is 2.28. The summed E-state index contributed by atoms with van der Waals surface area (Å²) in [6.45, 7) is 3.81. The molecule has 1 fully saturated rings. The van der Waals surface area contributed by atoms with Gasteiger partial charge in [0.15, 0.2) is 9.84 Å². The maximum atomic E-state index is 13.2. The van der Waals surface area contributed by atoms with Crippen LogP contribution in [0.25, 0.3) is 16.5 Å². The molecule has 6 nitrogen and oxygen atoms in total. The fraction of sp³-hybridized carbons (Fsp3) is 0.273. The number of rotatable bonds is 3. The summed E-state index contributed by atoms with van der Waals surface area (Å²) in [5, 5.41) is 12.1. The molecule has 0 spiro atoms. The quantitative estimate of drug-likeness (QED) is 0.673. The average molecular weight is 410 g/mol. The van der Waals surface area contributed by atoms with Crippen molar-refractivity contribution in [3.8, 4) is 11.6 Å². The van der Waals surface area contributed by atoms with Crippen LogP contribution in [0.15, 0.2) is 52.3 Å². The van der Waals surface area contributed by atoms with Crippen molar-refractivity contribution in [2.45, 2.75) is 26.3 Å². The van der Waals surface area contributed by atoms with Crippen molar-refractivity contribution in [2.75, 3.05) is 11.5 Å². The first-order valence-electron chi connectivity index (χ1n) is 9.45. The number of aromatic hydroxyl groups is 1. The molecule has 3 aromatic rings. The second kappa shape index (κ2) is 7.15. The van der Waals surface area contributed by atoms with E-state index in [1.54, 1.807) is 24.3 Å². The number of hydrogen-bond donors (Lipinski definition) is 1. The van der Waals surface area contributed by atoms with Gasteiger partial charge in [-0.3, -0.25) is 9.79 Å². The van der Waals surface area contributed by atoms with E-state index in [2.05, 4.69) is 4.99 Å². The molecule has 29 heavy (non-hydrogen) atoms. The predicted molar refractivity (Wildman–Crippen MR) is 115 cm³/mol. The highest BCUT2D eigenvalue weighted by Gasteiger charge is 2.27. The maximum absolute atomic E-state index is 13.2. The molecule has 1 unspecified atom stereocenters. The molecule has 0 radical (unpaired) electrons. The lowest BCUT2D eigenvalue weighted by molar-refractivity contribution is 0.436. The number of aliphatic imine (C=N–C) groups is 1. The van der Waals surface area contributed by atoms with Gasteiger partial charge in [-0.2, -0.15) is 0 Å². The summed E-state index contributed by atoms with van der Waals surface area (Å²) in [5.74, 6) is -0.0604. The van der Waals surface area contributed by atoms with Crippen molar-refractivity contribution < 1.29 is 13.5 Å². The van der Waals surface area contributed by atoms with Gasteiger partial charge in [0.05, 0.1) is 28.8 Å².